The fourth-order valence-electron chi connectivity index (χ4n) is 2.44. The van der Waals surface area contributed by atoms with Crippen molar-refractivity contribution < 1.29 is 4.79 Å². The number of carbonyl (C=O) groups excluding carboxylic acids is 1. The lowest BCUT2D eigenvalue weighted by molar-refractivity contribution is -0.131. The predicted molar refractivity (Wildman–Crippen MR) is 67.4 cm³/mol. The highest BCUT2D eigenvalue weighted by molar-refractivity contribution is 5.75. The van der Waals surface area contributed by atoms with E-state index in [-0.39, 0.29) is 0 Å². The Kier molecular flexibility index (Phi) is 5.81. The van der Waals surface area contributed by atoms with Gasteiger partial charge >= 0.3 is 0 Å². The highest BCUT2D eigenvalue weighted by Crippen LogP contribution is 2.12. The van der Waals surface area contributed by atoms with Crippen LogP contribution in [0.2, 0.25) is 0 Å². The smallest absolute Gasteiger partial charge is 0.222 e. The van der Waals surface area contributed by atoms with Crippen molar-refractivity contribution in [2.24, 2.45) is 0 Å². The van der Waals surface area contributed by atoms with Gasteiger partial charge in [0.15, 0.2) is 0 Å². The Hall–Kier alpha value is -0.570. The van der Waals surface area contributed by atoms with Gasteiger partial charge in [0, 0.05) is 31.6 Å². The van der Waals surface area contributed by atoms with Crippen molar-refractivity contribution in [3.05, 3.63) is 0 Å². The van der Waals surface area contributed by atoms with Gasteiger partial charge < -0.3 is 10.2 Å². The summed E-state index contributed by atoms with van der Waals surface area (Å²) in [7, 11) is 0. The van der Waals surface area contributed by atoms with Gasteiger partial charge in [-0.1, -0.05) is 20.3 Å². The van der Waals surface area contributed by atoms with Crippen LogP contribution >= 0.6 is 0 Å². The number of nitrogens with one attached hydrogen (secondary N) is 1. The first kappa shape index (κ1) is 13.5. The maximum absolute atomic E-state index is 11.5. The number of rotatable bonds is 5. The number of piperidine rings is 1. The van der Waals surface area contributed by atoms with Gasteiger partial charge in [0.1, 0.15) is 0 Å². The molecule has 0 aromatic carbocycles. The number of carbonyl (C=O) groups is 1. The third kappa shape index (κ3) is 4.12. The van der Waals surface area contributed by atoms with Crippen LogP contribution in [0.25, 0.3) is 0 Å². The monoisotopic (exact) mass is 226 g/mol. The zero-order valence-electron chi connectivity index (χ0n) is 11.0. The van der Waals surface area contributed by atoms with Crippen LogP contribution in [0, 0.1) is 0 Å². The van der Waals surface area contributed by atoms with E-state index in [1.54, 1.807) is 0 Å². The molecule has 0 radical (unpaired) electrons. The number of likely N-dealkylation sites (tertiary alicyclic amines) is 1. The lowest BCUT2D eigenvalue weighted by atomic mass is 10.0. The minimum Gasteiger partial charge on any atom is -0.343 e. The van der Waals surface area contributed by atoms with Crippen LogP contribution in [0.3, 0.4) is 0 Å². The van der Waals surface area contributed by atoms with E-state index < -0.39 is 0 Å². The van der Waals surface area contributed by atoms with E-state index >= 15 is 0 Å². The molecule has 16 heavy (non-hydrogen) atoms. The third-order valence-electron chi connectivity index (χ3n) is 3.39. The lowest BCUT2D eigenvalue weighted by Gasteiger charge is -2.33. The van der Waals surface area contributed by atoms with Crippen molar-refractivity contribution in [3.8, 4) is 0 Å². The SMILES string of the molecule is CCCC(C)NC1CCN(C(=O)CC)CC1. The van der Waals surface area contributed by atoms with Crippen LogP contribution in [-0.2, 0) is 4.79 Å². The summed E-state index contributed by atoms with van der Waals surface area (Å²) in [6, 6.07) is 1.23. The van der Waals surface area contributed by atoms with Crippen molar-refractivity contribution in [3.63, 3.8) is 0 Å². The summed E-state index contributed by atoms with van der Waals surface area (Å²) in [5.74, 6) is 0.306. The molecule has 3 nitrogen and oxygen atoms in total. The van der Waals surface area contributed by atoms with Crippen LogP contribution in [-0.4, -0.2) is 36.0 Å². The summed E-state index contributed by atoms with van der Waals surface area (Å²) in [6.45, 7) is 8.29. The largest absolute Gasteiger partial charge is 0.343 e. The molecule has 1 unspecified atom stereocenters. The van der Waals surface area contributed by atoms with Gasteiger partial charge in [-0.15, -0.1) is 0 Å². The average Bonchev–Trinajstić information content (AvgIpc) is 2.29. The van der Waals surface area contributed by atoms with Crippen molar-refractivity contribution in [1.29, 1.82) is 0 Å². The van der Waals surface area contributed by atoms with Gasteiger partial charge in [-0.2, -0.15) is 0 Å². The van der Waals surface area contributed by atoms with Gasteiger partial charge in [-0.25, -0.2) is 0 Å². The Morgan fingerprint density at radius 2 is 2.00 bits per heavy atom. The molecule has 1 atom stereocenters. The lowest BCUT2D eigenvalue weighted by Crippen LogP contribution is -2.47. The van der Waals surface area contributed by atoms with Crippen LogP contribution < -0.4 is 5.32 Å². The first-order valence-electron chi connectivity index (χ1n) is 6.71. The zero-order chi connectivity index (χ0) is 12.0. The minimum atomic E-state index is 0.306. The maximum atomic E-state index is 11.5. The number of hydrogen-bond acceptors (Lipinski definition) is 2. The van der Waals surface area contributed by atoms with Crippen LogP contribution in [0.5, 0.6) is 0 Å². The summed E-state index contributed by atoms with van der Waals surface area (Å²) in [4.78, 5) is 13.5. The molecule has 1 heterocycles. The van der Waals surface area contributed by atoms with Crippen LogP contribution in [0.15, 0.2) is 0 Å². The zero-order valence-corrected chi connectivity index (χ0v) is 11.0. The number of hydrogen-bond donors (Lipinski definition) is 1. The van der Waals surface area contributed by atoms with Crippen LogP contribution in [0.1, 0.15) is 52.9 Å². The average molecular weight is 226 g/mol. The van der Waals surface area contributed by atoms with E-state index in [4.69, 9.17) is 0 Å². The molecular weight excluding hydrogens is 200 g/mol. The first-order chi connectivity index (χ1) is 7.67. The van der Waals surface area contributed by atoms with Gasteiger partial charge in [-0.05, 0) is 26.2 Å². The van der Waals surface area contributed by atoms with E-state index in [1.807, 2.05) is 11.8 Å². The summed E-state index contributed by atoms with van der Waals surface area (Å²) in [6.07, 6.45) is 5.35. The summed E-state index contributed by atoms with van der Waals surface area (Å²) < 4.78 is 0. The van der Waals surface area contributed by atoms with Gasteiger partial charge in [0.25, 0.3) is 0 Å². The Labute approximate surface area is 99.6 Å². The molecule has 0 aromatic rings. The summed E-state index contributed by atoms with van der Waals surface area (Å²) >= 11 is 0. The van der Waals surface area contributed by atoms with E-state index in [2.05, 4.69) is 19.2 Å². The van der Waals surface area contributed by atoms with E-state index in [0.29, 0.717) is 24.4 Å². The second kappa shape index (κ2) is 6.89. The fourth-order valence-corrected chi connectivity index (χ4v) is 2.44. The normalized spacial score (nSPS) is 19.8. The Morgan fingerprint density at radius 3 is 2.50 bits per heavy atom. The fraction of sp³-hybridized carbons (Fsp3) is 0.923. The molecule has 94 valence electrons. The van der Waals surface area contributed by atoms with E-state index in [0.717, 1.165) is 25.9 Å². The topological polar surface area (TPSA) is 32.3 Å². The molecule has 1 N–H and O–H groups in total. The Morgan fingerprint density at radius 1 is 1.38 bits per heavy atom. The molecule has 0 saturated carbocycles. The van der Waals surface area contributed by atoms with E-state index in [9.17, 15) is 4.79 Å². The minimum absolute atomic E-state index is 0.306. The third-order valence-corrected chi connectivity index (χ3v) is 3.39. The summed E-state index contributed by atoms with van der Waals surface area (Å²) in [5.41, 5.74) is 0. The molecule has 0 aliphatic carbocycles. The van der Waals surface area contributed by atoms with E-state index in [1.165, 1.54) is 12.8 Å². The Bertz CT molecular complexity index is 210. The molecule has 0 spiro atoms. The predicted octanol–water partition coefficient (Wildman–Crippen LogP) is 2.17. The molecule has 1 saturated heterocycles. The highest BCUT2D eigenvalue weighted by atomic mass is 16.2. The highest BCUT2D eigenvalue weighted by Gasteiger charge is 2.22. The number of nitrogens with zero attached hydrogens (tertiary/aromatic N) is 1. The molecule has 0 aromatic heterocycles. The second-order valence-corrected chi connectivity index (χ2v) is 4.87. The molecule has 1 amide bonds. The van der Waals surface area contributed by atoms with Gasteiger partial charge in [0.05, 0.1) is 0 Å². The van der Waals surface area contributed by atoms with Crippen molar-refractivity contribution in [1.82, 2.24) is 10.2 Å². The molecule has 1 aliphatic rings. The number of amides is 1. The van der Waals surface area contributed by atoms with Crippen molar-refractivity contribution in [2.45, 2.75) is 65.0 Å². The first-order valence-corrected chi connectivity index (χ1v) is 6.71. The summed E-state index contributed by atoms with van der Waals surface area (Å²) in [5, 5.41) is 3.66. The molecule has 1 fully saturated rings. The maximum Gasteiger partial charge on any atom is 0.222 e. The molecule has 1 rings (SSSR count). The quantitative estimate of drug-likeness (QED) is 0.779. The van der Waals surface area contributed by atoms with Crippen molar-refractivity contribution in [2.75, 3.05) is 13.1 Å². The molecule has 0 bridgehead atoms. The van der Waals surface area contributed by atoms with Crippen molar-refractivity contribution >= 4 is 5.91 Å². The van der Waals surface area contributed by atoms with Gasteiger partial charge in [0.2, 0.25) is 5.91 Å². The van der Waals surface area contributed by atoms with Crippen LogP contribution in [0.4, 0.5) is 0 Å². The standard InChI is InChI=1S/C13H26N2O/c1-4-6-11(3)14-12-7-9-15(10-8-12)13(16)5-2/h11-12,14H,4-10H2,1-3H3. The van der Waals surface area contributed by atoms with Gasteiger partial charge in [-0.3, -0.25) is 4.79 Å². The molecular formula is C13H26N2O. The second-order valence-electron chi connectivity index (χ2n) is 4.87. The molecule has 3 heteroatoms. The Balaban J connectivity index is 2.24. The molecule has 1 aliphatic heterocycles.